The molecule has 0 spiro atoms. The quantitative estimate of drug-likeness (QED) is 0.899. The van der Waals surface area contributed by atoms with Gasteiger partial charge >= 0.3 is 6.09 Å². The third-order valence-electron chi connectivity index (χ3n) is 4.52. The van der Waals surface area contributed by atoms with Crippen molar-refractivity contribution < 1.29 is 18.3 Å². The predicted octanol–water partition coefficient (Wildman–Crippen LogP) is 3.10. The first kappa shape index (κ1) is 19.4. The molecule has 1 saturated heterocycles. The van der Waals surface area contributed by atoms with Gasteiger partial charge in [-0.05, 0) is 45.9 Å². The van der Waals surface area contributed by atoms with Gasteiger partial charge in [-0.1, -0.05) is 6.92 Å². The van der Waals surface area contributed by atoms with Gasteiger partial charge in [0.1, 0.15) is 17.3 Å². The van der Waals surface area contributed by atoms with Gasteiger partial charge in [0.25, 0.3) is 11.5 Å². The second kappa shape index (κ2) is 7.11. The number of hydrogen-bond donors (Lipinski definition) is 1. The molecule has 1 amide bonds. The Morgan fingerprint density at radius 2 is 2.16 bits per heavy atom. The first-order chi connectivity index (χ1) is 11.6. The van der Waals surface area contributed by atoms with Crippen LogP contribution < -0.4 is 10.9 Å². The summed E-state index contributed by atoms with van der Waals surface area (Å²) in [5.74, 6) is -3.03. The van der Waals surface area contributed by atoms with E-state index in [9.17, 15) is 18.4 Å². The van der Waals surface area contributed by atoms with Crippen LogP contribution in [-0.4, -0.2) is 47.2 Å². The van der Waals surface area contributed by atoms with Gasteiger partial charge in [-0.15, -0.1) is 0 Å². The lowest BCUT2D eigenvalue weighted by Crippen LogP contribution is -2.49. The van der Waals surface area contributed by atoms with Crippen LogP contribution in [0.25, 0.3) is 0 Å². The number of likely N-dealkylation sites (tertiary alicyclic amines) is 1. The Labute approximate surface area is 145 Å². The van der Waals surface area contributed by atoms with Crippen LogP contribution in [0, 0.1) is 0 Å². The number of carbonyl (C=O) groups excluding carboxylic acids is 1. The SMILES string of the molecule is CCC(C)(C)OC(=O)Nc1cccn(C2CCN(C)CC2(F)F)c1=O. The number of carbonyl (C=O) groups is 1. The molecule has 6 nitrogen and oxygen atoms in total. The van der Waals surface area contributed by atoms with Crippen molar-refractivity contribution in [1.82, 2.24) is 9.47 Å². The largest absolute Gasteiger partial charge is 0.443 e. The second-order valence-corrected chi connectivity index (χ2v) is 7.07. The van der Waals surface area contributed by atoms with Crippen molar-refractivity contribution in [2.75, 3.05) is 25.5 Å². The standard InChI is InChI=1S/C17H25F2N3O3/c1-5-16(2,3)25-15(24)20-12-7-6-9-22(14(12)23)13-8-10-21(4)11-17(13,18)19/h6-7,9,13H,5,8,10-11H2,1-4H3,(H,20,24). The van der Waals surface area contributed by atoms with Crippen LogP contribution in [0.4, 0.5) is 19.3 Å². The van der Waals surface area contributed by atoms with Crippen molar-refractivity contribution in [3.05, 3.63) is 28.7 Å². The average Bonchev–Trinajstić information content (AvgIpc) is 2.48. The van der Waals surface area contributed by atoms with E-state index in [0.717, 1.165) is 4.57 Å². The normalized spacial score (nSPS) is 21.0. The number of nitrogens with one attached hydrogen (secondary N) is 1. The number of ether oxygens (including phenoxy) is 1. The highest BCUT2D eigenvalue weighted by Gasteiger charge is 2.45. The van der Waals surface area contributed by atoms with E-state index in [1.165, 1.54) is 23.2 Å². The number of piperidine rings is 1. The first-order valence-corrected chi connectivity index (χ1v) is 8.33. The number of aromatic nitrogens is 1. The van der Waals surface area contributed by atoms with Gasteiger partial charge in [0, 0.05) is 12.7 Å². The molecule has 0 saturated carbocycles. The van der Waals surface area contributed by atoms with Gasteiger partial charge in [0.2, 0.25) is 0 Å². The molecule has 1 aromatic rings. The number of halogens is 2. The molecular weight excluding hydrogens is 332 g/mol. The minimum Gasteiger partial charge on any atom is -0.443 e. The summed E-state index contributed by atoms with van der Waals surface area (Å²) in [4.78, 5) is 26.1. The zero-order chi connectivity index (χ0) is 18.8. The number of alkyl halides is 2. The molecule has 1 unspecified atom stereocenters. The molecule has 1 N–H and O–H groups in total. The molecule has 0 aromatic carbocycles. The van der Waals surface area contributed by atoms with Gasteiger partial charge < -0.3 is 14.2 Å². The zero-order valence-electron chi connectivity index (χ0n) is 15.0. The highest BCUT2D eigenvalue weighted by atomic mass is 19.3. The molecule has 0 bridgehead atoms. The summed E-state index contributed by atoms with van der Waals surface area (Å²) in [6.07, 6.45) is 1.30. The fourth-order valence-electron chi connectivity index (χ4n) is 2.75. The van der Waals surface area contributed by atoms with E-state index in [2.05, 4.69) is 5.32 Å². The minimum absolute atomic E-state index is 0.0749. The van der Waals surface area contributed by atoms with Crippen molar-refractivity contribution >= 4 is 11.8 Å². The maximum Gasteiger partial charge on any atom is 0.412 e. The zero-order valence-corrected chi connectivity index (χ0v) is 15.0. The third-order valence-corrected chi connectivity index (χ3v) is 4.52. The van der Waals surface area contributed by atoms with Crippen LogP contribution in [0.15, 0.2) is 23.1 Å². The molecular formula is C17H25F2N3O3. The number of nitrogens with zero attached hydrogens (tertiary/aromatic N) is 2. The topological polar surface area (TPSA) is 63.6 Å². The molecule has 2 rings (SSSR count). The highest BCUT2D eigenvalue weighted by molar-refractivity contribution is 5.84. The summed E-state index contributed by atoms with van der Waals surface area (Å²) in [5, 5.41) is 2.37. The first-order valence-electron chi connectivity index (χ1n) is 8.33. The third kappa shape index (κ3) is 4.56. The van der Waals surface area contributed by atoms with Gasteiger partial charge in [0.05, 0.1) is 6.54 Å². The van der Waals surface area contributed by atoms with E-state index in [-0.39, 0.29) is 12.1 Å². The average molecular weight is 357 g/mol. The monoisotopic (exact) mass is 357 g/mol. The highest BCUT2D eigenvalue weighted by Crippen LogP contribution is 2.35. The molecule has 2 heterocycles. The van der Waals surface area contributed by atoms with Crippen molar-refractivity contribution in [2.45, 2.75) is 51.2 Å². The molecule has 0 aliphatic carbocycles. The van der Waals surface area contributed by atoms with E-state index in [4.69, 9.17) is 4.74 Å². The van der Waals surface area contributed by atoms with Gasteiger partial charge in [-0.3, -0.25) is 10.1 Å². The molecule has 140 valence electrons. The predicted molar refractivity (Wildman–Crippen MR) is 91.3 cm³/mol. The van der Waals surface area contributed by atoms with Crippen molar-refractivity contribution in [3.8, 4) is 0 Å². The lowest BCUT2D eigenvalue weighted by Gasteiger charge is -2.37. The maximum absolute atomic E-state index is 14.3. The van der Waals surface area contributed by atoms with Crippen LogP contribution in [0.2, 0.25) is 0 Å². The van der Waals surface area contributed by atoms with E-state index in [1.807, 2.05) is 6.92 Å². The summed E-state index contributed by atoms with van der Waals surface area (Å²) < 4.78 is 34.9. The molecule has 25 heavy (non-hydrogen) atoms. The summed E-state index contributed by atoms with van der Waals surface area (Å²) in [7, 11) is 1.62. The van der Waals surface area contributed by atoms with Crippen LogP contribution in [0.3, 0.4) is 0 Å². The Morgan fingerprint density at radius 1 is 1.48 bits per heavy atom. The second-order valence-electron chi connectivity index (χ2n) is 7.07. The van der Waals surface area contributed by atoms with Crippen LogP contribution in [-0.2, 0) is 4.74 Å². The molecule has 0 radical (unpaired) electrons. The van der Waals surface area contributed by atoms with Crippen LogP contribution in [0.5, 0.6) is 0 Å². The molecule has 1 aliphatic rings. The summed E-state index contributed by atoms with van der Waals surface area (Å²) in [6.45, 7) is 5.42. The fourth-order valence-corrected chi connectivity index (χ4v) is 2.75. The van der Waals surface area contributed by atoms with Gasteiger partial charge in [0.15, 0.2) is 0 Å². The van der Waals surface area contributed by atoms with Crippen LogP contribution in [0.1, 0.15) is 39.7 Å². The van der Waals surface area contributed by atoms with Crippen LogP contribution >= 0.6 is 0 Å². The summed E-state index contributed by atoms with van der Waals surface area (Å²) in [5.41, 5.74) is -1.42. The Morgan fingerprint density at radius 3 is 2.76 bits per heavy atom. The number of rotatable bonds is 4. The van der Waals surface area contributed by atoms with Crippen molar-refractivity contribution in [3.63, 3.8) is 0 Å². The molecule has 1 aliphatic heterocycles. The summed E-state index contributed by atoms with van der Waals surface area (Å²) >= 11 is 0. The van der Waals surface area contributed by atoms with E-state index in [0.29, 0.717) is 13.0 Å². The van der Waals surface area contributed by atoms with Gasteiger partial charge in [-0.25, -0.2) is 13.6 Å². The van der Waals surface area contributed by atoms with E-state index >= 15 is 0 Å². The lowest BCUT2D eigenvalue weighted by atomic mass is 10.0. The van der Waals surface area contributed by atoms with E-state index < -0.39 is 35.8 Å². The Balaban J connectivity index is 2.23. The lowest BCUT2D eigenvalue weighted by molar-refractivity contribution is -0.0988. The van der Waals surface area contributed by atoms with Crippen molar-refractivity contribution in [1.29, 1.82) is 0 Å². The smallest absolute Gasteiger partial charge is 0.412 e. The van der Waals surface area contributed by atoms with E-state index in [1.54, 1.807) is 20.9 Å². The minimum atomic E-state index is -3.03. The number of anilines is 1. The molecule has 1 aromatic heterocycles. The number of amides is 1. The molecule has 1 atom stereocenters. The Kier molecular flexibility index (Phi) is 5.51. The Bertz CT molecular complexity index is 688. The van der Waals surface area contributed by atoms with Gasteiger partial charge in [-0.2, -0.15) is 0 Å². The Hall–Kier alpha value is -1.96. The fraction of sp³-hybridized carbons (Fsp3) is 0.647. The maximum atomic E-state index is 14.3. The molecule has 1 fully saturated rings. The molecule has 8 heteroatoms. The summed E-state index contributed by atoms with van der Waals surface area (Å²) in [6, 6.07) is 1.61. The number of hydrogen-bond acceptors (Lipinski definition) is 4. The van der Waals surface area contributed by atoms with Crippen molar-refractivity contribution in [2.24, 2.45) is 0 Å². The number of pyridine rings is 1.